The van der Waals surface area contributed by atoms with E-state index in [2.05, 4.69) is 14.5 Å². The van der Waals surface area contributed by atoms with Gasteiger partial charge in [0.2, 0.25) is 0 Å². The van der Waals surface area contributed by atoms with E-state index in [0.29, 0.717) is 18.6 Å². The van der Waals surface area contributed by atoms with Crippen LogP contribution in [-0.2, 0) is 0 Å². The van der Waals surface area contributed by atoms with Crippen molar-refractivity contribution in [1.82, 2.24) is 5.09 Å². The normalized spacial score (nSPS) is 36.8. The Morgan fingerprint density at radius 2 is 2.25 bits per heavy atom. The Labute approximate surface area is 51.9 Å². The molecule has 1 aliphatic carbocycles. The minimum atomic E-state index is 0.364. The average molecular weight is 133 g/mol. The fraction of sp³-hybridized carbons (Fsp3) is 1.00. The molecule has 0 spiro atoms. The molecule has 1 unspecified atom stereocenters. The van der Waals surface area contributed by atoms with Gasteiger partial charge in [-0.2, -0.15) is 0 Å². The van der Waals surface area contributed by atoms with Crippen LogP contribution < -0.4 is 5.09 Å². The Morgan fingerprint density at radius 3 is 2.62 bits per heavy atom. The molecule has 1 saturated carbocycles. The van der Waals surface area contributed by atoms with Crippen molar-refractivity contribution in [3.63, 3.8) is 0 Å². The van der Waals surface area contributed by atoms with Gasteiger partial charge in [0.15, 0.2) is 0 Å². The third kappa shape index (κ3) is 1.19. The zero-order valence-corrected chi connectivity index (χ0v) is 5.96. The molecule has 0 bridgehead atoms. The van der Waals surface area contributed by atoms with Crippen molar-refractivity contribution < 1.29 is 5.11 Å². The highest BCUT2D eigenvalue weighted by atomic mass is 31.0. The van der Waals surface area contributed by atoms with Gasteiger partial charge >= 0.3 is 0 Å². The van der Waals surface area contributed by atoms with Gasteiger partial charge in [-0.25, -0.2) is 0 Å². The lowest BCUT2D eigenvalue weighted by Crippen LogP contribution is -2.37. The van der Waals surface area contributed by atoms with Crippen molar-refractivity contribution in [1.29, 1.82) is 0 Å². The van der Waals surface area contributed by atoms with Crippen molar-refractivity contribution in [2.45, 2.75) is 18.9 Å². The van der Waals surface area contributed by atoms with Crippen molar-refractivity contribution >= 4 is 9.39 Å². The summed E-state index contributed by atoms with van der Waals surface area (Å²) in [6.45, 7) is 0.364. The van der Waals surface area contributed by atoms with Gasteiger partial charge in [0.25, 0.3) is 0 Å². The van der Waals surface area contributed by atoms with Gasteiger partial charge in [-0.1, -0.05) is 9.39 Å². The van der Waals surface area contributed by atoms with Crippen LogP contribution in [0.25, 0.3) is 0 Å². The summed E-state index contributed by atoms with van der Waals surface area (Å²) in [5.74, 6) is 0.577. The van der Waals surface area contributed by atoms with Crippen LogP contribution in [0.15, 0.2) is 0 Å². The first-order chi connectivity index (χ1) is 3.86. The summed E-state index contributed by atoms with van der Waals surface area (Å²) in [5, 5.41) is 11.6. The van der Waals surface area contributed by atoms with E-state index >= 15 is 0 Å². The van der Waals surface area contributed by atoms with E-state index in [1.54, 1.807) is 0 Å². The summed E-state index contributed by atoms with van der Waals surface area (Å²) in [4.78, 5) is 0. The zero-order valence-electron chi connectivity index (χ0n) is 4.80. The molecule has 0 aromatic rings. The molecule has 2 nitrogen and oxygen atoms in total. The smallest absolute Gasteiger partial charge is 0.0460 e. The maximum atomic E-state index is 8.56. The lowest BCUT2D eigenvalue weighted by molar-refractivity contribution is 0.138. The lowest BCUT2D eigenvalue weighted by atomic mass is 9.82. The fourth-order valence-corrected chi connectivity index (χ4v) is 1.29. The van der Waals surface area contributed by atoms with E-state index < -0.39 is 0 Å². The first-order valence-corrected chi connectivity index (χ1v) is 3.51. The van der Waals surface area contributed by atoms with Crippen LogP contribution in [0, 0.1) is 5.92 Å². The van der Waals surface area contributed by atoms with Gasteiger partial charge in [-0.05, 0) is 18.8 Å². The van der Waals surface area contributed by atoms with E-state index in [1.807, 2.05) is 0 Å². The average Bonchev–Trinajstić information content (AvgIpc) is 1.65. The largest absolute Gasteiger partial charge is 0.396 e. The predicted molar refractivity (Wildman–Crippen MR) is 36.4 cm³/mol. The molecule has 8 heavy (non-hydrogen) atoms. The van der Waals surface area contributed by atoms with E-state index in [1.165, 1.54) is 0 Å². The molecule has 0 aromatic carbocycles. The van der Waals surface area contributed by atoms with Crippen LogP contribution in [0.2, 0.25) is 0 Å². The molecule has 0 aromatic heterocycles. The van der Waals surface area contributed by atoms with Gasteiger partial charge < -0.3 is 5.11 Å². The molecule has 1 aliphatic rings. The van der Waals surface area contributed by atoms with Crippen molar-refractivity contribution in [2.24, 2.45) is 5.92 Å². The summed E-state index contributed by atoms with van der Waals surface area (Å²) in [6.07, 6.45) is 2.28. The Hall–Kier alpha value is 0.350. The number of nitrogens with one attached hydrogen (secondary N) is 1. The summed E-state index contributed by atoms with van der Waals surface area (Å²) >= 11 is 0. The second-order valence-electron chi connectivity index (χ2n) is 2.38. The van der Waals surface area contributed by atoms with Crippen molar-refractivity contribution in [3.8, 4) is 0 Å². The molecule has 1 fully saturated rings. The molecule has 2 N–H and O–H groups in total. The maximum Gasteiger partial charge on any atom is 0.0460 e. The van der Waals surface area contributed by atoms with E-state index in [0.717, 1.165) is 12.8 Å². The van der Waals surface area contributed by atoms with E-state index in [9.17, 15) is 0 Å². The second-order valence-corrected chi connectivity index (χ2v) is 2.72. The van der Waals surface area contributed by atoms with Crippen LogP contribution in [0.4, 0.5) is 0 Å². The Morgan fingerprint density at radius 1 is 1.62 bits per heavy atom. The fourth-order valence-electron chi connectivity index (χ4n) is 1.02. The van der Waals surface area contributed by atoms with Gasteiger partial charge in [-0.15, -0.1) is 0 Å². The monoisotopic (exact) mass is 133 g/mol. The third-order valence-electron chi connectivity index (χ3n) is 1.73. The highest BCUT2D eigenvalue weighted by molar-refractivity contribution is 7.13. The van der Waals surface area contributed by atoms with Gasteiger partial charge in [0, 0.05) is 12.6 Å². The van der Waals surface area contributed by atoms with Crippen LogP contribution >= 0.6 is 9.39 Å². The molecule has 0 saturated heterocycles. The zero-order chi connectivity index (χ0) is 5.98. The molecule has 1 rings (SSSR count). The summed E-state index contributed by atoms with van der Waals surface area (Å²) in [6, 6.07) is 0.650. The SMILES string of the molecule is OCC1CC(NP)C1. The van der Waals surface area contributed by atoms with Crippen LogP contribution in [0.3, 0.4) is 0 Å². The Kier molecular flexibility index (Phi) is 2.24. The number of hydrogen-bond acceptors (Lipinski definition) is 2. The number of aliphatic hydroxyl groups excluding tert-OH is 1. The standard InChI is InChI=1S/C5H12NOP/c7-3-4-1-5(2-4)6-8/h4-7H,1-3,8H2. The molecular formula is C5H12NOP. The molecule has 0 radical (unpaired) electrons. The predicted octanol–water partition coefficient (Wildman–Crippen LogP) is 0.137. The first kappa shape index (κ1) is 6.47. The van der Waals surface area contributed by atoms with Crippen LogP contribution in [0.5, 0.6) is 0 Å². The van der Waals surface area contributed by atoms with Crippen LogP contribution in [-0.4, -0.2) is 17.8 Å². The van der Waals surface area contributed by atoms with Gasteiger partial charge in [-0.3, -0.25) is 5.09 Å². The lowest BCUT2D eigenvalue weighted by Gasteiger charge is -2.33. The summed E-state index contributed by atoms with van der Waals surface area (Å²) < 4.78 is 0. The Bertz CT molecular complexity index is 64.8. The van der Waals surface area contributed by atoms with Gasteiger partial charge in [0.05, 0.1) is 0 Å². The summed E-state index contributed by atoms with van der Waals surface area (Å²) in [5.41, 5.74) is 0. The number of hydrogen-bond donors (Lipinski definition) is 2. The quantitative estimate of drug-likeness (QED) is 0.525. The molecule has 3 heteroatoms. The second kappa shape index (κ2) is 2.77. The maximum absolute atomic E-state index is 8.56. The van der Waals surface area contributed by atoms with Crippen molar-refractivity contribution in [3.05, 3.63) is 0 Å². The highest BCUT2D eigenvalue weighted by Gasteiger charge is 2.26. The minimum Gasteiger partial charge on any atom is -0.396 e. The molecule has 48 valence electrons. The molecule has 1 atom stereocenters. The minimum absolute atomic E-state index is 0.364. The van der Waals surface area contributed by atoms with Gasteiger partial charge in [0.1, 0.15) is 0 Å². The molecule has 0 heterocycles. The first-order valence-electron chi connectivity index (χ1n) is 2.93. The van der Waals surface area contributed by atoms with Crippen molar-refractivity contribution in [2.75, 3.05) is 6.61 Å². The highest BCUT2D eigenvalue weighted by Crippen LogP contribution is 2.26. The van der Waals surface area contributed by atoms with Crippen LogP contribution in [0.1, 0.15) is 12.8 Å². The number of aliphatic hydroxyl groups is 1. The molecule has 0 aliphatic heterocycles. The van der Waals surface area contributed by atoms with E-state index in [4.69, 9.17) is 5.11 Å². The third-order valence-corrected chi connectivity index (χ3v) is 2.20. The topological polar surface area (TPSA) is 32.3 Å². The Balaban J connectivity index is 2.03. The number of rotatable bonds is 2. The molecular weight excluding hydrogens is 121 g/mol. The van der Waals surface area contributed by atoms with E-state index in [-0.39, 0.29) is 0 Å². The molecule has 0 amide bonds. The summed E-state index contributed by atoms with van der Waals surface area (Å²) in [7, 11) is 2.50.